The van der Waals surface area contributed by atoms with E-state index in [0.717, 1.165) is 6.07 Å². The Morgan fingerprint density at radius 2 is 1.63 bits per heavy atom. The molecule has 0 unspecified atom stereocenters. The molecule has 9 heteroatoms. The third-order valence-electron chi connectivity index (χ3n) is 4.80. The number of benzene rings is 2. The van der Waals surface area contributed by atoms with E-state index in [4.69, 9.17) is 4.74 Å². The van der Waals surface area contributed by atoms with Gasteiger partial charge in [0, 0.05) is 18.7 Å². The minimum absolute atomic E-state index is 0.111. The number of halogens is 2. The fraction of sp³-hybridized carbons (Fsp3) is 0.333. The molecule has 2 aromatic carbocycles. The van der Waals surface area contributed by atoms with Crippen LogP contribution in [0.5, 0.6) is 0 Å². The number of nitrogens with one attached hydrogen (secondary N) is 2. The summed E-state index contributed by atoms with van der Waals surface area (Å²) in [4.78, 5) is 24.2. The highest BCUT2D eigenvalue weighted by Crippen LogP contribution is 2.23. The molecule has 4 atom stereocenters. The number of aliphatic hydroxyl groups is 2. The van der Waals surface area contributed by atoms with Crippen molar-refractivity contribution in [1.29, 1.82) is 0 Å². The number of hydrogen-bond donors (Lipinski definition) is 4. The summed E-state index contributed by atoms with van der Waals surface area (Å²) in [7, 11) is 0. The van der Waals surface area contributed by atoms with Crippen molar-refractivity contribution in [3.05, 3.63) is 71.3 Å². The van der Waals surface area contributed by atoms with Gasteiger partial charge in [0.15, 0.2) is 0 Å². The minimum Gasteiger partial charge on any atom is -0.388 e. The first kappa shape index (κ1) is 21.8. The molecule has 3 rings (SSSR count). The molecule has 2 aromatic rings. The van der Waals surface area contributed by atoms with Crippen molar-refractivity contribution in [2.24, 2.45) is 0 Å². The Morgan fingerprint density at radius 1 is 0.933 bits per heavy atom. The molecule has 1 saturated heterocycles. The first-order valence-electron chi connectivity index (χ1n) is 9.40. The van der Waals surface area contributed by atoms with Gasteiger partial charge < -0.3 is 25.6 Å². The maximum absolute atomic E-state index is 13.2. The van der Waals surface area contributed by atoms with Gasteiger partial charge in [-0.2, -0.15) is 0 Å². The molecule has 0 aliphatic carbocycles. The van der Waals surface area contributed by atoms with E-state index in [1.165, 1.54) is 42.5 Å². The summed E-state index contributed by atoms with van der Waals surface area (Å²) in [5.41, 5.74) is 0.815. The number of carbonyl (C=O) groups excluding carboxylic acids is 2. The number of carbonyl (C=O) groups is 2. The third kappa shape index (κ3) is 5.59. The molecule has 2 amide bonds. The van der Waals surface area contributed by atoms with Crippen LogP contribution in [0.15, 0.2) is 48.5 Å². The Bertz CT molecular complexity index is 893. The zero-order chi connectivity index (χ0) is 21.7. The van der Waals surface area contributed by atoms with Gasteiger partial charge in [0.1, 0.15) is 29.9 Å². The quantitative estimate of drug-likeness (QED) is 0.532. The van der Waals surface area contributed by atoms with Crippen molar-refractivity contribution in [2.45, 2.75) is 37.4 Å². The molecule has 1 fully saturated rings. The topological polar surface area (TPSA) is 108 Å². The van der Waals surface area contributed by atoms with E-state index in [1.807, 2.05) is 0 Å². The maximum atomic E-state index is 13.2. The average Bonchev–Trinajstić information content (AvgIpc) is 2.99. The highest BCUT2D eigenvalue weighted by atomic mass is 19.1. The van der Waals surface area contributed by atoms with E-state index >= 15 is 0 Å². The minimum atomic E-state index is -1.31. The van der Waals surface area contributed by atoms with Gasteiger partial charge in [0.2, 0.25) is 5.91 Å². The number of rotatable bonds is 7. The van der Waals surface area contributed by atoms with E-state index < -0.39 is 42.0 Å². The van der Waals surface area contributed by atoms with Crippen molar-refractivity contribution in [3.8, 4) is 0 Å². The Balaban J connectivity index is 1.47. The largest absolute Gasteiger partial charge is 0.388 e. The van der Waals surface area contributed by atoms with E-state index in [1.54, 1.807) is 0 Å². The molecular formula is C21H22F2N2O5. The lowest BCUT2D eigenvalue weighted by atomic mass is 10.1. The normalized spacial score (nSPS) is 23.2. The highest BCUT2D eigenvalue weighted by Gasteiger charge is 2.43. The van der Waals surface area contributed by atoms with Gasteiger partial charge in [0.25, 0.3) is 5.91 Å². The van der Waals surface area contributed by atoms with Crippen molar-refractivity contribution < 1.29 is 33.3 Å². The number of amides is 2. The van der Waals surface area contributed by atoms with Gasteiger partial charge in [-0.3, -0.25) is 9.59 Å². The molecule has 0 bridgehead atoms. The van der Waals surface area contributed by atoms with Gasteiger partial charge in [0.05, 0.1) is 12.5 Å². The van der Waals surface area contributed by atoms with Crippen molar-refractivity contribution in [2.75, 3.05) is 6.54 Å². The monoisotopic (exact) mass is 420 g/mol. The zero-order valence-electron chi connectivity index (χ0n) is 15.9. The van der Waals surface area contributed by atoms with Crippen molar-refractivity contribution in [1.82, 2.24) is 10.6 Å². The molecule has 1 aliphatic rings. The first-order chi connectivity index (χ1) is 14.3. The fourth-order valence-electron chi connectivity index (χ4n) is 3.15. The average molecular weight is 420 g/mol. The molecule has 0 saturated carbocycles. The number of ether oxygens (including phenoxy) is 1. The summed E-state index contributed by atoms with van der Waals surface area (Å²) in [6, 6.07) is 10.8. The Labute approximate surface area is 171 Å². The standard InChI is InChI=1S/C21H22F2N2O5/c22-14-6-4-12(5-7-14)10-24-18(26)9-16-19(27)20(28)17(30-16)11-25-21(29)13-2-1-3-15(23)8-13/h1-8,16-17,19-20,27-28H,9-11H2,(H,24,26)(H,25,29)/t16-,17+,19-,20+/m0/s1. The SMILES string of the molecule is O=C(C[C@@H]1O[C@H](CNC(=O)c2cccc(F)c2)[C@@H](O)[C@H]1O)NCc1ccc(F)cc1. The van der Waals surface area contributed by atoms with Gasteiger partial charge >= 0.3 is 0 Å². The zero-order valence-corrected chi connectivity index (χ0v) is 15.9. The first-order valence-corrected chi connectivity index (χ1v) is 9.40. The summed E-state index contributed by atoms with van der Waals surface area (Å²) in [6.45, 7) is 0.0544. The molecule has 4 N–H and O–H groups in total. The van der Waals surface area contributed by atoms with Crippen LogP contribution in [0, 0.1) is 11.6 Å². The van der Waals surface area contributed by atoms with E-state index in [0.29, 0.717) is 5.56 Å². The summed E-state index contributed by atoms with van der Waals surface area (Å²) < 4.78 is 31.6. The predicted molar refractivity (Wildman–Crippen MR) is 102 cm³/mol. The van der Waals surface area contributed by atoms with Crippen LogP contribution in [0.2, 0.25) is 0 Å². The van der Waals surface area contributed by atoms with Gasteiger partial charge in [-0.1, -0.05) is 18.2 Å². The van der Waals surface area contributed by atoms with Gasteiger partial charge in [-0.25, -0.2) is 8.78 Å². The molecule has 160 valence electrons. The molecule has 0 spiro atoms. The van der Waals surface area contributed by atoms with E-state index in [2.05, 4.69) is 10.6 Å². The molecule has 1 heterocycles. The lowest BCUT2D eigenvalue weighted by Gasteiger charge is -2.15. The maximum Gasteiger partial charge on any atom is 0.251 e. The lowest BCUT2D eigenvalue weighted by Crippen LogP contribution is -2.40. The molecule has 7 nitrogen and oxygen atoms in total. The fourth-order valence-corrected chi connectivity index (χ4v) is 3.15. The Hall–Kier alpha value is -2.88. The van der Waals surface area contributed by atoms with Gasteiger partial charge in [-0.15, -0.1) is 0 Å². The van der Waals surface area contributed by atoms with Crippen LogP contribution < -0.4 is 10.6 Å². The van der Waals surface area contributed by atoms with E-state index in [9.17, 15) is 28.6 Å². The Kier molecular flexibility index (Phi) is 7.09. The second kappa shape index (κ2) is 9.75. The van der Waals surface area contributed by atoms with Crippen LogP contribution in [0.1, 0.15) is 22.3 Å². The van der Waals surface area contributed by atoms with Crippen LogP contribution in [0.25, 0.3) is 0 Å². The van der Waals surface area contributed by atoms with Crippen molar-refractivity contribution >= 4 is 11.8 Å². The van der Waals surface area contributed by atoms with Gasteiger partial charge in [-0.05, 0) is 35.9 Å². The molecule has 30 heavy (non-hydrogen) atoms. The van der Waals surface area contributed by atoms with E-state index in [-0.39, 0.29) is 30.9 Å². The highest BCUT2D eigenvalue weighted by molar-refractivity contribution is 5.94. The van der Waals surface area contributed by atoms with Crippen molar-refractivity contribution in [3.63, 3.8) is 0 Å². The molecule has 0 aromatic heterocycles. The molecule has 0 radical (unpaired) electrons. The van der Waals surface area contributed by atoms with Crippen LogP contribution in [-0.2, 0) is 16.1 Å². The Morgan fingerprint density at radius 3 is 2.33 bits per heavy atom. The number of hydrogen-bond acceptors (Lipinski definition) is 5. The summed E-state index contributed by atoms with van der Waals surface area (Å²) in [5.74, 6) is -1.90. The summed E-state index contributed by atoms with van der Waals surface area (Å²) >= 11 is 0. The second-order valence-electron chi connectivity index (χ2n) is 7.02. The summed E-state index contributed by atoms with van der Waals surface area (Å²) in [5, 5.41) is 25.4. The van der Waals surface area contributed by atoms with Crippen LogP contribution >= 0.6 is 0 Å². The van der Waals surface area contributed by atoms with Crippen LogP contribution in [0.3, 0.4) is 0 Å². The van der Waals surface area contributed by atoms with Crippen LogP contribution in [0.4, 0.5) is 8.78 Å². The second-order valence-corrected chi connectivity index (χ2v) is 7.02. The molecule has 1 aliphatic heterocycles. The summed E-state index contributed by atoms with van der Waals surface area (Å²) in [6.07, 6.45) is -4.68. The molecular weight excluding hydrogens is 398 g/mol. The predicted octanol–water partition coefficient (Wildman–Crippen LogP) is 0.890. The third-order valence-corrected chi connectivity index (χ3v) is 4.80. The lowest BCUT2D eigenvalue weighted by molar-refractivity contribution is -0.125. The smallest absolute Gasteiger partial charge is 0.251 e. The number of aliphatic hydroxyl groups excluding tert-OH is 2. The van der Waals surface area contributed by atoms with Crippen LogP contribution in [-0.4, -0.2) is 53.0 Å².